The summed E-state index contributed by atoms with van der Waals surface area (Å²) in [6.07, 6.45) is -0.961. The van der Waals surface area contributed by atoms with Crippen LogP contribution in [0.25, 0.3) is 0 Å². The van der Waals surface area contributed by atoms with E-state index in [1.54, 1.807) is 0 Å². The maximum atomic E-state index is 11.0. The van der Waals surface area contributed by atoms with Crippen LogP contribution in [0.2, 0.25) is 0 Å². The highest BCUT2D eigenvalue weighted by molar-refractivity contribution is 5.67. The van der Waals surface area contributed by atoms with Crippen LogP contribution in [0.3, 0.4) is 0 Å². The number of hydrogen-bond donors (Lipinski definition) is 2. The van der Waals surface area contributed by atoms with E-state index in [1.165, 1.54) is 4.90 Å². The first-order valence-corrected chi connectivity index (χ1v) is 4.87. The van der Waals surface area contributed by atoms with Crippen LogP contribution < -0.4 is 0 Å². The van der Waals surface area contributed by atoms with Crippen molar-refractivity contribution in [3.05, 3.63) is 0 Å². The van der Waals surface area contributed by atoms with Crippen molar-refractivity contribution in [2.24, 2.45) is 5.41 Å². The molecular weight excluding hydrogens is 182 g/mol. The van der Waals surface area contributed by atoms with Crippen LogP contribution >= 0.6 is 0 Å². The summed E-state index contributed by atoms with van der Waals surface area (Å²) in [5.74, 6) is 0. The number of hydrogen-bond acceptors (Lipinski definition) is 2. The van der Waals surface area contributed by atoms with Crippen LogP contribution in [0.1, 0.15) is 34.1 Å². The van der Waals surface area contributed by atoms with Crippen molar-refractivity contribution in [3.63, 3.8) is 0 Å². The molecule has 82 valence electrons. The van der Waals surface area contributed by atoms with E-state index in [0.717, 1.165) is 0 Å². The summed E-state index contributed by atoms with van der Waals surface area (Å²) in [6, 6.07) is 0. The van der Waals surface area contributed by atoms with Gasteiger partial charge in [0.25, 0.3) is 0 Å². The van der Waals surface area contributed by atoms with Crippen molar-refractivity contribution in [2.75, 3.05) is 6.54 Å². The molecule has 4 heteroatoms. The second-order valence-corrected chi connectivity index (χ2v) is 5.27. The predicted molar refractivity (Wildman–Crippen MR) is 53.2 cm³/mol. The van der Waals surface area contributed by atoms with Gasteiger partial charge in [-0.1, -0.05) is 20.8 Å². The van der Waals surface area contributed by atoms with Gasteiger partial charge in [0.2, 0.25) is 0 Å². The molecule has 1 aliphatic heterocycles. The van der Waals surface area contributed by atoms with Crippen molar-refractivity contribution < 1.29 is 15.0 Å². The van der Waals surface area contributed by atoms with Crippen LogP contribution in [0.5, 0.6) is 0 Å². The molecular formula is C10H19NO3. The summed E-state index contributed by atoms with van der Waals surface area (Å²) in [4.78, 5) is 12.4. The SMILES string of the molecule is CC(C)(C)[C@]1(C)C[C@@H](O)CN1C(=O)O. The van der Waals surface area contributed by atoms with Gasteiger partial charge in [0, 0.05) is 0 Å². The normalized spacial score (nSPS) is 33.5. The third-order valence-electron chi connectivity index (χ3n) is 3.47. The quantitative estimate of drug-likeness (QED) is 0.625. The van der Waals surface area contributed by atoms with E-state index in [2.05, 4.69) is 0 Å². The Bertz CT molecular complexity index is 246. The van der Waals surface area contributed by atoms with Gasteiger partial charge in [0.05, 0.1) is 18.2 Å². The average Bonchev–Trinajstić information content (AvgIpc) is 2.25. The van der Waals surface area contributed by atoms with Crippen molar-refractivity contribution in [2.45, 2.75) is 45.8 Å². The molecule has 0 radical (unpaired) electrons. The fourth-order valence-corrected chi connectivity index (χ4v) is 2.05. The van der Waals surface area contributed by atoms with E-state index >= 15 is 0 Å². The Kier molecular flexibility index (Phi) is 2.52. The van der Waals surface area contributed by atoms with E-state index in [9.17, 15) is 9.90 Å². The zero-order valence-corrected chi connectivity index (χ0v) is 9.24. The zero-order valence-electron chi connectivity index (χ0n) is 9.24. The molecule has 1 heterocycles. The van der Waals surface area contributed by atoms with Gasteiger partial charge in [-0.3, -0.25) is 4.90 Å². The molecule has 1 aliphatic rings. The minimum Gasteiger partial charge on any atom is -0.465 e. The Balaban J connectivity index is 3.01. The van der Waals surface area contributed by atoms with Gasteiger partial charge in [0.1, 0.15) is 0 Å². The fourth-order valence-electron chi connectivity index (χ4n) is 2.05. The lowest BCUT2D eigenvalue weighted by Crippen LogP contribution is -2.52. The number of aliphatic hydroxyl groups excluding tert-OH is 1. The topological polar surface area (TPSA) is 60.8 Å². The summed E-state index contributed by atoms with van der Waals surface area (Å²) in [7, 11) is 0. The van der Waals surface area contributed by atoms with Gasteiger partial charge < -0.3 is 10.2 Å². The number of rotatable bonds is 0. The smallest absolute Gasteiger partial charge is 0.407 e. The zero-order chi connectivity index (χ0) is 11.1. The Morgan fingerprint density at radius 1 is 1.50 bits per heavy atom. The van der Waals surface area contributed by atoms with E-state index < -0.39 is 17.7 Å². The summed E-state index contributed by atoms with van der Waals surface area (Å²) in [5, 5.41) is 18.6. The molecule has 1 fully saturated rings. The van der Waals surface area contributed by atoms with Crippen molar-refractivity contribution in [3.8, 4) is 0 Å². The summed E-state index contributed by atoms with van der Waals surface area (Å²) in [6.45, 7) is 8.13. The number of carbonyl (C=O) groups is 1. The summed E-state index contributed by atoms with van der Waals surface area (Å²) >= 11 is 0. The maximum Gasteiger partial charge on any atom is 0.407 e. The lowest BCUT2D eigenvalue weighted by molar-refractivity contribution is 0.0441. The molecule has 4 nitrogen and oxygen atoms in total. The second kappa shape index (κ2) is 3.12. The fraction of sp³-hybridized carbons (Fsp3) is 0.900. The molecule has 2 atom stereocenters. The van der Waals surface area contributed by atoms with Gasteiger partial charge in [0.15, 0.2) is 0 Å². The van der Waals surface area contributed by atoms with Gasteiger partial charge in [-0.05, 0) is 18.8 Å². The largest absolute Gasteiger partial charge is 0.465 e. The predicted octanol–water partition coefficient (Wildman–Crippen LogP) is 1.54. The van der Waals surface area contributed by atoms with Crippen molar-refractivity contribution in [1.82, 2.24) is 4.90 Å². The Hall–Kier alpha value is -0.770. The number of amides is 1. The molecule has 0 aromatic heterocycles. The minimum absolute atomic E-state index is 0.164. The van der Waals surface area contributed by atoms with E-state index in [-0.39, 0.29) is 12.0 Å². The number of nitrogens with zero attached hydrogens (tertiary/aromatic N) is 1. The monoisotopic (exact) mass is 201 g/mol. The Morgan fingerprint density at radius 2 is 2.00 bits per heavy atom. The summed E-state index contributed by atoms with van der Waals surface area (Å²) < 4.78 is 0. The van der Waals surface area contributed by atoms with Gasteiger partial charge in [-0.15, -0.1) is 0 Å². The molecule has 1 saturated heterocycles. The third kappa shape index (κ3) is 1.59. The maximum absolute atomic E-state index is 11.0. The lowest BCUT2D eigenvalue weighted by atomic mass is 9.73. The molecule has 0 unspecified atom stereocenters. The number of aliphatic hydroxyl groups is 1. The van der Waals surface area contributed by atoms with Crippen LogP contribution in [0.15, 0.2) is 0 Å². The van der Waals surface area contributed by atoms with Crippen LogP contribution in [0.4, 0.5) is 4.79 Å². The first-order valence-electron chi connectivity index (χ1n) is 4.87. The average molecular weight is 201 g/mol. The van der Waals surface area contributed by atoms with Crippen molar-refractivity contribution >= 4 is 6.09 Å². The number of β-amino-alcohol motifs (C(OH)–C–C–N with tert-alkyl or cyclic N) is 1. The van der Waals surface area contributed by atoms with Crippen LogP contribution in [0, 0.1) is 5.41 Å². The molecule has 0 aromatic carbocycles. The highest BCUT2D eigenvalue weighted by Gasteiger charge is 2.51. The van der Waals surface area contributed by atoms with Crippen molar-refractivity contribution in [1.29, 1.82) is 0 Å². The first-order chi connectivity index (χ1) is 6.18. The molecule has 0 saturated carbocycles. The Morgan fingerprint density at radius 3 is 2.29 bits per heavy atom. The number of carboxylic acid groups (broad SMARTS) is 1. The van der Waals surface area contributed by atoms with Gasteiger partial charge in [-0.2, -0.15) is 0 Å². The van der Waals surface area contributed by atoms with E-state index in [1.807, 2.05) is 27.7 Å². The number of likely N-dealkylation sites (tertiary alicyclic amines) is 1. The molecule has 0 spiro atoms. The molecule has 2 N–H and O–H groups in total. The van der Waals surface area contributed by atoms with Gasteiger partial charge in [-0.25, -0.2) is 4.79 Å². The first kappa shape index (κ1) is 11.3. The Labute approximate surface area is 84.5 Å². The lowest BCUT2D eigenvalue weighted by Gasteiger charge is -2.44. The van der Waals surface area contributed by atoms with Gasteiger partial charge >= 0.3 is 6.09 Å². The molecule has 0 aliphatic carbocycles. The molecule has 1 rings (SSSR count). The second-order valence-electron chi connectivity index (χ2n) is 5.27. The molecule has 1 amide bonds. The molecule has 14 heavy (non-hydrogen) atoms. The van der Waals surface area contributed by atoms with Crippen LogP contribution in [-0.4, -0.2) is 39.4 Å². The standard InChI is InChI=1S/C10H19NO3/c1-9(2,3)10(4)5-7(12)6-11(10)8(13)14/h7,12H,5-6H2,1-4H3,(H,13,14)/t7-,10+/m1/s1. The minimum atomic E-state index is -0.945. The highest BCUT2D eigenvalue weighted by atomic mass is 16.4. The highest BCUT2D eigenvalue weighted by Crippen LogP contribution is 2.43. The third-order valence-corrected chi connectivity index (χ3v) is 3.47. The van der Waals surface area contributed by atoms with Crippen LogP contribution in [-0.2, 0) is 0 Å². The molecule has 0 bridgehead atoms. The van der Waals surface area contributed by atoms with E-state index in [4.69, 9.17) is 5.11 Å². The molecule has 0 aromatic rings. The van der Waals surface area contributed by atoms with E-state index in [0.29, 0.717) is 6.42 Å². The summed E-state index contributed by atoms with van der Waals surface area (Å²) in [5.41, 5.74) is -0.638.